The number of hydrogen-bond donors (Lipinski definition) is 0. The average Bonchev–Trinajstić information content (AvgIpc) is 3.24. The molecule has 0 unspecified atom stereocenters. The molecular weight excluding hydrogens is 312 g/mol. The highest BCUT2D eigenvalue weighted by atomic mass is 16.5. The molecule has 0 saturated carbocycles. The van der Waals surface area contributed by atoms with Crippen LogP contribution in [-0.2, 0) is 7.05 Å². The molecule has 4 nitrogen and oxygen atoms in total. The van der Waals surface area contributed by atoms with Crippen LogP contribution in [0.15, 0.2) is 53.3 Å². The zero-order valence-corrected chi connectivity index (χ0v) is 14.8. The minimum atomic E-state index is 0.761. The lowest BCUT2D eigenvalue weighted by Gasteiger charge is -2.10. The number of fused-ring (bicyclic) bond motifs is 1. The minimum Gasteiger partial charge on any atom is -0.496 e. The largest absolute Gasteiger partial charge is 0.496 e. The van der Waals surface area contributed by atoms with Crippen LogP contribution in [0, 0.1) is 13.8 Å². The lowest BCUT2D eigenvalue weighted by atomic mass is 9.98. The van der Waals surface area contributed by atoms with Crippen molar-refractivity contribution in [3.8, 4) is 28.2 Å². The molecule has 0 bridgehead atoms. The Bertz CT molecular complexity index is 1070. The highest BCUT2D eigenvalue weighted by Crippen LogP contribution is 2.36. The third kappa shape index (κ3) is 2.50. The van der Waals surface area contributed by atoms with Gasteiger partial charge in [0.05, 0.1) is 13.3 Å². The summed E-state index contributed by atoms with van der Waals surface area (Å²) in [5.41, 5.74) is 6.55. The van der Waals surface area contributed by atoms with Crippen LogP contribution in [-0.4, -0.2) is 16.8 Å². The molecule has 2 aromatic heterocycles. The van der Waals surface area contributed by atoms with E-state index in [2.05, 4.69) is 60.1 Å². The van der Waals surface area contributed by atoms with Gasteiger partial charge in [-0.3, -0.25) is 0 Å². The third-order valence-electron chi connectivity index (χ3n) is 4.87. The van der Waals surface area contributed by atoms with Gasteiger partial charge in [0.15, 0.2) is 5.76 Å². The van der Waals surface area contributed by atoms with Crippen LogP contribution < -0.4 is 4.74 Å². The van der Waals surface area contributed by atoms with E-state index in [0.717, 1.165) is 39.3 Å². The molecule has 126 valence electrons. The lowest BCUT2D eigenvalue weighted by Crippen LogP contribution is -1.92. The molecule has 0 N–H and O–H groups in total. The molecule has 0 aliphatic heterocycles. The summed E-state index contributed by atoms with van der Waals surface area (Å²) in [5, 5.41) is 5.25. The van der Waals surface area contributed by atoms with Gasteiger partial charge in [-0.15, -0.1) is 0 Å². The van der Waals surface area contributed by atoms with Crippen molar-refractivity contribution >= 4 is 10.9 Å². The smallest absolute Gasteiger partial charge is 0.174 e. The first-order valence-corrected chi connectivity index (χ1v) is 8.24. The molecule has 0 radical (unpaired) electrons. The molecule has 4 rings (SSSR count). The van der Waals surface area contributed by atoms with Crippen molar-refractivity contribution in [1.82, 2.24) is 9.72 Å². The third-order valence-corrected chi connectivity index (χ3v) is 4.87. The van der Waals surface area contributed by atoms with E-state index in [-0.39, 0.29) is 0 Å². The summed E-state index contributed by atoms with van der Waals surface area (Å²) >= 11 is 0. The molecule has 0 saturated heterocycles. The summed E-state index contributed by atoms with van der Waals surface area (Å²) in [6.07, 6.45) is 3.85. The van der Waals surface area contributed by atoms with Gasteiger partial charge in [-0.25, -0.2) is 0 Å². The maximum absolute atomic E-state index is 5.61. The standard InChI is InChI=1S/C21H20N2O2/c1-13-9-17(11-20(24-4)14(13)2)21-18(12-22-25-21)15-5-6-19-16(10-15)7-8-23(19)3/h5-12H,1-4H3. The number of ether oxygens (including phenoxy) is 1. The molecule has 2 aromatic carbocycles. The van der Waals surface area contributed by atoms with Gasteiger partial charge in [0.25, 0.3) is 0 Å². The first-order chi connectivity index (χ1) is 12.1. The minimum absolute atomic E-state index is 0.761. The number of rotatable bonds is 3. The number of hydrogen-bond acceptors (Lipinski definition) is 3. The summed E-state index contributed by atoms with van der Waals surface area (Å²) in [4.78, 5) is 0. The van der Waals surface area contributed by atoms with Crippen molar-refractivity contribution in [2.75, 3.05) is 7.11 Å². The van der Waals surface area contributed by atoms with Gasteiger partial charge in [-0.2, -0.15) is 0 Å². The topological polar surface area (TPSA) is 40.2 Å². The van der Waals surface area contributed by atoms with E-state index in [4.69, 9.17) is 9.26 Å². The van der Waals surface area contributed by atoms with Crippen LogP contribution >= 0.6 is 0 Å². The molecular formula is C21H20N2O2. The Morgan fingerprint density at radius 1 is 1.04 bits per heavy atom. The summed E-state index contributed by atoms with van der Waals surface area (Å²) in [7, 11) is 3.74. The molecule has 0 amide bonds. The van der Waals surface area contributed by atoms with Crippen LogP contribution in [0.3, 0.4) is 0 Å². The fourth-order valence-electron chi connectivity index (χ4n) is 3.27. The number of aryl methyl sites for hydroxylation is 2. The van der Waals surface area contributed by atoms with E-state index in [9.17, 15) is 0 Å². The van der Waals surface area contributed by atoms with Crippen molar-refractivity contribution in [3.63, 3.8) is 0 Å². The Balaban J connectivity index is 1.86. The van der Waals surface area contributed by atoms with Gasteiger partial charge < -0.3 is 13.8 Å². The Labute approximate surface area is 146 Å². The first kappa shape index (κ1) is 15.5. The Hall–Kier alpha value is -3.01. The highest BCUT2D eigenvalue weighted by molar-refractivity contribution is 5.88. The van der Waals surface area contributed by atoms with Gasteiger partial charge >= 0.3 is 0 Å². The molecule has 4 aromatic rings. The lowest BCUT2D eigenvalue weighted by molar-refractivity contribution is 0.410. The monoisotopic (exact) mass is 332 g/mol. The quantitative estimate of drug-likeness (QED) is 0.522. The highest BCUT2D eigenvalue weighted by Gasteiger charge is 2.16. The maximum atomic E-state index is 5.61. The molecule has 0 aliphatic carbocycles. The molecule has 2 heterocycles. The van der Waals surface area contributed by atoms with Crippen LogP contribution in [0.25, 0.3) is 33.4 Å². The van der Waals surface area contributed by atoms with Gasteiger partial charge in [-0.05, 0) is 60.9 Å². The van der Waals surface area contributed by atoms with E-state index < -0.39 is 0 Å². The summed E-state index contributed by atoms with van der Waals surface area (Å²) in [5.74, 6) is 1.62. The summed E-state index contributed by atoms with van der Waals surface area (Å²) in [6.45, 7) is 4.13. The predicted molar refractivity (Wildman–Crippen MR) is 99.9 cm³/mol. The van der Waals surface area contributed by atoms with E-state index >= 15 is 0 Å². The van der Waals surface area contributed by atoms with E-state index in [1.165, 1.54) is 10.9 Å². The first-order valence-electron chi connectivity index (χ1n) is 8.24. The second-order valence-corrected chi connectivity index (χ2v) is 6.39. The SMILES string of the molecule is COc1cc(-c2oncc2-c2ccc3c(ccn3C)c2)cc(C)c1C. The molecule has 0 spiro atoms. The van der Waals surface area contributed by atoms with Gasteiger partial charge in [0.2, 0.25) is 0 Å². The Morgan fingerprint density at radius 2 is 1.88 bits per heavy atom. The van der Waals surface area contributed by atoms with Crippen molar-refractivity contribution in [2.24, 2.45) is 7.05 Å². The van der Waals surface area contributed by atoms with E-state index in [1.807, 2.05) is 13.1 Å². The van der Waals surface area contributed by atoms with Crippen LogP contribution in [0.2, 0.25) is 0 Å². The van der Waals surface area contributed by atoms with Crippen LogP contribution in [0.4, 0.5) is 0 Å². The fourth-order valence-corrected chi connectivity index (χ4v) is 3.27. The van der Waals surface area contributed by atoms with Gasteiger partial charge in [0.1, 0.15) is 5.75 Å². The summed E-state index contributed by atoms with van der Waals surface area (Å²) < 4.78 is 13.2. The molecule has 25 heavy (non-hydrogen) atoms. The van der Waals surface area contributed by atoms with E-state index in [0.29, 0.717) is 0 Å². The van der Waals surface area contributed by atoms with Crippen molar-refractivity contribution < 1.29 is 9.26 Å². The van der Waals surface area contributed by atoms with Gasteiger partial charge in [-0.1, -0.05) is 11.2 Å². The van der Waals surface area contributed by atoms with Crippen molar-refractivity contribution in [1.29, 1.82) is 0 Å². The normalized spacial score (nSPS) is 11.2. The summed E-state index contributed by atoms with van der Waals surface area (Å²) in [6, 6.07) is 12.6. The predicted octanol–water partition coefficient (Wildman–Crippen LogP) is 5.13. The van der Waals surface area contributed by atoms with Crippen LogP contribution in [0.5, 0.6) is 5.75 Å². The van der Waals surface area contributed by atoms with Crippen molar-refractivity contribution in [3.05, 3.63) is 59.9 Å². The number of aromatic nitrogens is 2. The second-order valence-electron chi connectivity index (χ2n) is 6.39. The molecule has 4 heteroatoms. The second kappa shape index (κ2) is 5.81. The number of benzene rings is 2. The Morgan fingerprint density at radius 3 is 2.68 bits per heavy atom. The maximum Gasteiger partial charge on any atom is 0.174 e. The van der Waals surface area contributed by atoms with Gasteiger partial charge in [0, 0.05) is 35.3 Å². The average molecular weight is 332 g/mol. The molecule has 0 aliphatic rings. The fraction of sp³-hybridized carbons (Fsp3) is 0.190. The zero-order chi connectivity index (χ0) is 17.6. The molecule has 0 atom stereocenters. The van der Waals surface area contributed by atoms with Crippen LogP contribution in [0.1, 0.15) is 11.1 Å². The number of methoxy groups -OCH3 is 1. The van der Waals surface area contributed by atoms with E-state index in [1.54, 1.807) is 13.3 Å². The number of nitrogens with zero attached hydrogens (tertiary/aromatic N) is 2. The molecule has 0 fully saturated rings. The van der Waals surface area contributed by atoms with Crippen molar-refractivity contribution in [2.45, 2.75) is 13.8 Å². The zero-order valence-electron chi connectivity index (χ0n) is 14.8. The Kier molecular flexibility index (Phi) is 3.61.